The Labute approximate surface area is 237 Å². The third kappa shape index (κ3) is 5.45. The monoisotopic (exact) mass is 565 g/mol. The van der Waals surface area contributed by atoms with Crippen molar-refractivity contribution in [3.8, 4) is 11.5 Å². The zero-order valence-corrected chi connectivity index (χ0v) is 24.2. The summed E-state index contributed by atoms with van der Waals surface area (Å²) in [4.78, 5) is 34.5. The number of hydrogen-bond acceptors (Lipinski definition) is 9. The first-order chi connectivity index (χ1) is 19.4. The Morgan fingerprint density at radius 2 is 1.80 bits per heavy atom. The van der Waals surface area contributed by atoms with E-state index in [1.807, 2.05) is 44.2 Å². The lowest BCUT2D eigenvalue weighted by Gasteiger charge is -2.25. The quantitative estimate of drug-likeness (QED) is 0.359. The van der Waals surface area contributed by atoms with Crippen LogP contribution in [0.5, 0.6) is 11.5 Å². The van der Waals surface area contributed by atoms with Crippen molar-refractivity contribution >= 4 is 29.3 Å². The van der Waals surface area contributed by atoms with Gasteiger partial charge in [-0.2, -0.15) is 0 Å². The molecule has 1 aromatic carbocycles. The number of ether oxygens (including phenoxy) is 3. The molecule has 0 amide bonds. The lowest BCUT2D eigenvalue weighted by atomic mass is 9.95. The fraction of sp³-hybridized carbons (Fsp3) is 0.433. The lowest BCUT2D eigenvalue weighted by molar-refractivity contribution is -0.139. The molecule has 40 heavy (non-hydrogen) atoms. The Morgan fingerprint density at radius 3 is 2.52 bits per heavy atom. The van der Waals surface area contributed by atoms with Gasteiger partial charge in [0.2, 0.25) is 0 Å². The largest absolute Gasteiger partial charge is 0.490 e. The highest BCUT2D eigenvalue weighted by Crippen LogP contribution is 2.36. The molecule has 5 rings (SSSR count). The smallest absolute Gasteiger partial charge is 0.338 e. The summed E-state index contributed by atoms with van der Waals surface area (Å²) in [6.45, 7) is 10.4. The maximum absolute atomic E-state index is 13.9. The zero-order chi connectivity index (χ0) is 28.2. The van der Waals surface area contributed by atoms with E-state index in [0.717, 1.165) is 31.8 Å². The van der Waals surface area contributed by atoms with Crippen molar-refractivity contribution in [3.05, 3.63) is 72.6 Å². The maximum Gasteiger partial charge on any atom is 0.338 e. The maximum atomic E-state index is 13.9. The van der Waals surface area contributed by atoms with Gasteiger partial charge in [-0.1, -0.05) is 17.4 Å². The number of rotatable bonds is 9. The predicted octanol–water partition coefficient (Wildman–Crippen LogP) is 4.18. The summed E-state index contributed by atoms with van der Waals surface area (Å²) in [7, 11) is 0. The predicted molar refractivity (Wildman–Crippen MR) is 154 cm³/mol. The first kappa shape index (κ1) is 27.8. The van der Waals surface area contributed by atoms with E-state index >= 15 is 0 Å². The lowest BCUT2D eigenvalue weighted by Crippen LogP contribution is -2.40. The van der Waals surface area contributed by atoms with E-state index in [4.69, 9.17) is 18.6 Å². The molecular weight excluding hydrogens is 530 g/mol. The van der Waals surface area contributed by atoms with E-state index in [2.05, 4.69) is 9.89 Å². The molecule has 0 aliphatic carbocycles. The third-order valence-corrected chi connectivity index (χ3v) is 7.94. The molecule has 0 N–H and O–H groups in total. The number of piperidine rings is 1. The van der Waals surface area contributed by atoms with E-state index in [1.165, 1.54) is 17.8 Å². The molecule has 0 spiro atoms. The van der Waals surface area contributed by atoms with Crippen LogP contribution in [-0.2, 0) is 9.53 Å². The SMILES string of the molecule is CCOC(=O)C1=C(C)N=c2s/c(=C\c3ccc(N4CCCCC4)o3)c(=O)n2[C@@H]1c1ccc(OCC)c(OCC)c1. The molecule has 0 bridgehead atoms. The van der Waals surface area contributed by atoms with Crippen LogP contribution in [0.4, 0.5) is 5.88 Å². The van der Waals surface area contributed by atoms with Gasteiger partial charge in [-0.3, -0.25) is 9.36 Å². The summed E-state index contributed by atoms with van der Waals surface area (Å²) in [6.07, 6.45) is 5.28. The van der Waals surface area contributed by atoms with Crippen LogP contribution in [-0.4, -0.2) is 43.4 Å². The van der Waals surface area contributed by atoms with E-state index in [0.29, 0.717) is 56.6 Å². The molecule has 10 heteroatoms. The normalized spacial score (nSPS) is 17.4. The van der Waals surface area contributed by atoms with Crippen LogP contribution in [0, 0.1) is 0 Å². The van der Waals surface area contributed by atoms with Crippen LogP contribution in [0.2, 0.25) is 0 Å². The van der Waals surface area contributed by atoms with Gasteiger partial charge in [0.1, 0.15) is 5.76 Å². The third-order valence-electron chi connectivity index (χ3n) is 6.95. The number of fused-ring (bicyclic) bond motifs is 1. The molecule has 0 saturated carbocycles. The second-order valence-corrected chi connectivity index (χ2v) is 10.6. The molecule has 4 heterocycles. The first-order valence-electron chi connectivity index (χ1n) is 13.9. The standard InChI is InChI=1S/C30H35N3O6S/c1-5-36-22-13-11-20(17-23(22)37-6-2)27-26(29(35)38-7-3)19(4)31-30-33(27)28(34)24(40-30)18-21-12-14-25(39-21)32-15-9-8-10-16-32/h11-14,17-18,27H,5-10,15-16H2,1-4H3/b24-18-/t27-/m1/s1. The minimum atomic E-state index is -0.743. The average molecular weight is 566 g/mol. The molecule has 1 atom stereocenters. The minimum Gasteiger partial charge on any atom is -0.490 e. The Bertz CT molecular complexity index is 1590. The number of carbonyl (C=O) groups is 1. The average Bonchev–Trinajstić information content (AvgIpc) is 3.54. The van der Waals surface area contributed by atoms with Crippen LogP contribution in [0.3, 0.4) is 0 Å². The van der Waals surface area contributed by atoms with E-state index < -0.39 is 12.0 Å². The molecule has 1 saturated heterocycles. The van der Waals surface area contributed by atoms with Crippen LogP contribution >= 0.6 is 11.3 Å². The molecular formula is C30H35N3O6S. The molecule has 1 fully saturated rings. The van der Waals surface area contributed by atoms with Crippen molar-refractivity contribution < 1.29 is 23.4 Å². The number of hydrogen-bond donors (Lipinski definition) is 0. The molecule has 0 unspecified atom stereocenters. The topological polar surface area (TPSA) is 95.5 Å². The van der Waals surface area contributed by atoms with Crippen molar-refractivity contribution in [3.63, 3.8) is 0 Å². The van der Waals surface area contributed by atoms with Crippen molar-refractivity contribution in [2.45, 2.75) is 53.0 Å². The summed E-state index contributed by atoms with van der Waals surface area (Å²) in [5, 5.41) is 0. The molecule has 212 valence electrons. The van der Waals surface area contributed by atoms with Crippen LogP contribution in [0.15, 0.2) is 55.8 Å². The molecule has 2 aromatic heterocycles. The second-order valence-electron chi connectivity index (χ2n) is 9.60. The number of furan rings is 1. The van der Waals surface area contributed by atoms with Gasteiger partial charge >= 0.3 is 5.97 Å². The summed E-state index contributed by atoms with van der Waals surface area (Å²) in [5.74, 6) is 2.05. The Morgan fingerprint density at radius 1 is 1.05 bits per heavy atom. The van der Waals surface area contributed by atoms with Crippen LogP contribution in [0.1, 0.15) is 64.3 Å². The van der Waals surface area contributed by atoms with Gasteiger partial charge in [-0.15, -0.1) is 0 Å². The van der Waals surface area contributed by atoms with Gasteiger partial charge in [0, 0.05) is 25.2 Å². The Balaban J connectivity index is 1.62. The van der Waals surface area contributed by atoms with Gasteiger partial charge in [-0.05, 0) is 70.7 Å². The van der Waals surface area contributed by atoms with Gasteiger partial charge in [0.25, 0.3) is 5.56 Å². The van der Waals surface area contributed by atoms with Crippen molar-refractivity contribution in [1.82, 2.24) is 4.57 Å². The molecule has 0 radical (unpaired) electrons. The molecule has 9 nitrogen and oxygen atoms in total. The highest BCUT2D eigenvalue weighted by Gasteiger charge is 2.34. The van der Waals surface area contributed by atoms with E-state index in [1.54, 1.807) is 24.5 Å². The molecule has 3 aromatic rings. The number of allylic oxidation sites excluding steroid dienone is 1. The zero-order valence-electron chi connectivity index (χ0n) is 23.4. The van der Waals surface area contributed by atoms with Crippen LogP contribution < -0.4 is 29.3 Å². The number of aromatic nitrogens is 1. The van der Waals surface area contributed by atoms with Gasteiger partial charge in [-0.25, -0.2) is 9.79 Å². The van der Waals surface area contributed by atoms with E-state index in [-0.39, 0.29) is 12.2 Å². The van der Waals surface area contributed by atoms with Crippen LogP contribution in [0.25, 0.3) is 6.08 Å². The highest BCUT2D eigenvalue weighted by molar-refractivity contribution is 7.07. The van der Waals surface area contributed by atoms with Crippen molar-refractivity contribution in [2.24, 2.45) is 4.99 Å². The minimum absolute atomic E-state index is 0.206. The molecule has 2 aliphatic rings. The number of thiazole rings is 1. The summed E-state index contributed by atoms with van der Waals surface area (Å²) in [5.41, 5.74) is 1.26. The summed E-state index contributed by atoms with van der Waals surface area (Å²) in [6, 6.07) is 8.58. The number of anilines is 1. The number of benzene rings is 1. The van der Waals surface area contributed by atoms with Gasteiger partial charge in [0.05, 0.1) is 41.7 Å². The van der Waals surface area contributed by atoms with Gasteiger partial charge < -0.3 is 23.5 Å². The van der Waals surface area contributed by atoms with Gasteiger partial charge in [0.15, 0.2) is 22.2 Å². The fourth-order valence-corrected chi connectivity index (χ4v) is 6.20. The summed E-state index contributed by atoms with van der Waals surface area (Å²) >= 11 is 1.27. The molecule has 2 aliphatic heterocycles. The Hall–Kier alpha value is -3.79. The Kier molecular flexibility index (Phi) is 8.44. The highest BCUT2D eigenvalue weighted by atomic mass is 32.1. The van der Waals surface area contributed by atoms with Crippen molar-refractivity contribution in [1.29, 1.82) is 0 Å². The second kappa shape index (κ2) is 12.2. The number of carbonyl (C=O) groups excluding carboxylic acids is 1. The number of nitrogens with zero attached hydrogens (tertiary/aromatic N) is 3. The summed E-state index contributed by atoms with van der Waals surface area (Å²) < 4.78 is 25.1. The van der Waals surface area contributed by atoms with Crippen molar-refractivity contribution in [2.75, 3.05) is 37.8 Å². The fourth-order valence-electron chi connectivity index (χ4n) is 5.18. The van der Waals surface area contributed by atoms with E-state index in [9.17, 15) is 9.59 Å². The first-order valence-corrected chi connectivity index (χ1v) is 14.7. The number of esters is 1.